The van der Waals surface area contributed by atoms with Crippen LogP contribution in [0.15, 0.2) is 33.8 Å². The summed E-state index contributed by atoms with van der Waals surface area (Å²) in [5.41, 5.74) is 0.325. The Labute approximate surface area is 159 Å². The first-order valence-electron chi connectivity index (χ1n) is 8.58. The van der Waals surface area contributed by atoms with Crippen molar-refractivity contribution in [3.8, 4) is 0 Å². The van der Waals surface area contributed by atoms with Crippen molar-refractivity contribution in [1.82, 2.24) is 14.5 Å². The molecule has 26 heavy (non-hydrogen) atoms. The Morgan fingerprint density at radius 1 is 1.38 bits per heavy atom. The molecule has 3 rings (SSSR count). The number of benzene rings is 1. The molecule has 0 aliphatic carbocycles. The molecule has 1 aromatic carbocycles. The van der Waals surface area contributed by atoms with Crippen LogP contribution in [0.5, 0.6) is 0 Å². The minimum Gasteiger partial charge on any atom is -0.466 e. The monoisotopic (exact) mass is 421 g/mol. The lowest BCUT2D eigenvalue weighted by atomic mass is 9.98. The van der Waals surface area contributed by atoms with Gasteiger partial charge in [-0.3, -0.25) is 19.0 Å². The molecule has 1 aliphatic heterocycles. The van der Waals surface area contributed by atoms with E-state index in [1.807, 2.05) is 6.07 Å². The van der Waals surface area contributed by atoms with Gasteiger partial charge >= 0.3 is 5.97 Å². The quantitative estimate of drug-likeness (QED) is 0.704. The second-order valence-electron chi connectivity index (χ2n) is 6.27. The standard InChI is InChI=1S/C18H20BrN3O4/c1-2-26-18(25)12-4-3-7-21(9-12)16(23)10-22-11-20-15-6-5-13(19)8-14(15)17(22)24/h5-6,8,11-12H,2-4,7,9-10H2,1H3. The van der Waals surface area contributed by atoms with Crippen LogP contribution in [0.4, 0.5) is 0 Å². The molecule has 0 saturated carbocycles. The Morgan fingerprint density at radius 2 is 2.19 bits per heavy atom. The van der Waals surface area contributed by atoms with Crippen molar-refractivity contribution >= 4 is 38.7 Å². The van der Waals surface area contributed by atoms with E-state index in [1.165, 1.54) is 10.9 Å². The summed E-state index contributed by atoms with van der Waals surface area (Å²) in [7, 11) is 0. The van der Waals surface area contributed by atoms with Gasteiger partial charge in [0, 0.05) is 17.6 Å². The number of hydrogen-bond acceptors (Lipinski definition) is 5. The Kier molecular flexibility index (Phi) is 5.70. The van der Waals surface area contributed by atoms with Crippen molar-refractivity contribution in [2.24, 2.45) is 5.92 Å². The molecule has 7 nitrogen and oxygen atoms in total. The summed E-state index contributed by atoms with van der Waals surface area (Å²) < 4.78 is 7.15. The number of nitrogens with zero attached hydrogens (tertiary/aromatic N) is 3. The first kappa shape index (κ1) is 18.6. The molecule has 2 heterocycles. The van der Waals surface area contributed by atoms with Gasteiger partial charge in [0.2, 0.25) is 5.91 Å². The average Bonchev–Trinajstić information content (AvgIpc) is 2.64. The third-order valence-electron chi connectivity index (χ3n) is 4.49. The van der Waals surface area contributed by atoms with Crippen molar-refractivity contribution in [1.29, 1.82) is 0 Å². The van der Waals surface area contributed by atoms with E-state index in [9.17, 15) is 14.4 Å². The number of piperidine rings is 1. The van der Waals surface area contributed by atoms with Crippen LogP contribution in [0.25, 0.3) is 10.9 Å². The number of carbonyl (C=O) groups excluding carboxylic acids is 2. The molecule has 0 radical (unpaired) electrons. The number of rotatable bonds is 4. The van der Waals surface area contributed by atoms with Crippen LogP contribution in [-0.2, 0) is 20.9 Å². The van der Waals surface area contributed by atoms with Crippen LogP contribution in [0.1, 0.15) is 19.8 Å². The third kappa shape index (κ3) is 3.95. The molecule has 1 amide bonds. The summed E-state index contributed by atoms with van der Waals surface area (Å²) in [6, 6.07) is 5.26. The van der Waals surface area contributed by atoms with Crippen LogP contribution < -0.4 is 5.56 Å². The fraction of sp³-hybridized carbons (Fsp3) is 0.444. The summed E-state index contributed by atoms with van der Waals surface area (Å²) in [4.78, 5) is 43.0. The van der Waals surface area contributed by atoms with E-state index < -0.39 is 0 Å². The highest BCUT2D eigenvalue weighted by molar-refractivity contribution is 9.10. The molecule has 1 saturated heterocycles. The van der Waals surface area contributed by atoms with Crippen molar-refractivity contribution in [3.63, 3.8) is 0 Å². The third-order valence-corrected chi connectivity index (χ3v) is 4.98. The number of amides is 1. The first-order valence-corrected chi connectivity index (χ1v) is 9.38. The van der Waals surface area contributed by atoms with Crippen LogP contribution in [0, 0.1) is 5.92 Å². The maximum atomic E-state index is 12.6. The number of hydrogen-bond donors (Lipinski definition) is 0. The highest BCUT2D eigenvalue weighted by atomic mass is 79.9. The van der Waals surface area contributed by atoms with Gasteiger partial charge in [-0.15, -0.1) is 0 Å². The normalized spacial score (nSPS) is 17.3. The number of aromatic nitrogens is 2. The van der Waals surface area contributed by atoms with E-state index >= 15 is 0 Å². The minimum atomic E-state index is -0.296. The maximum Gasteiger partial charge on any atom is 0.310 e. The van der Waals surface area contributed by atoms with Gasteiger partial charge < -0.3 is 9.64 Å². The molecule has 1 aliphatic rings. The van der Waals surface area contributed by atoms with Gasteiger partial charge in [0.1, 0.15) is 6.54 Å². The van der Waals surface area contributed by atoms with Crippen molar-refractivity contribution < 1.29 is 14.3 Å². The van der Waals surface area contributed by atoms with Gasteiger partial charge in [0.15, 0.2) is 0 Å². The molecule has 1 aromatic heterocycles. The zero-order valence-electron chi connectivity index (χ0n) is 14.5. The highest BCUT2D eigenvalue weighted by Crippen LogP contribution is 2.19. The minimum absolute atomic E-state index is 0.0934. The topological polar surface area (TPSA) is 81.5 Å². The lowest BCUT2D eigenvalue weighted by Gasteiger charge is -2.31. The summed E-state index contributed by atoms with van der Waals surface area (Å²) in [6.07, 6.45) is 2.85. The summed E-state index contributed by atoms with van der Waals surface area (Å²) in [5, 5.41) is 0.456. The van der Waals surface area contributed by atoms with Crippen molar-refractivity contribution in [2.75, 3.05) is 19.7 Å². The van der Waals surface area contributed by atoms with Gasteiger partial charge in [-0.2, -0.15) is 0 Å². The van der Waals surface area contributed by atoms with Crippen LogP contribution >= 0.6 is 15.9 Å². The number of esters is 1. The summed E-state index contributed by atoms with van der Waals surface area (Å²) in [6.45, 7) is 2.91. The number of ether oxygens (including phenoxy) is 1. The Morgan fingerprint density at radius 3 is 2.96 bits per heavy atom. The lowest BCUT2D eigenvalue weighted by molar-refractivity contribution is -0.151. The predicted octanol–water partition coefficient (Wildman–Crippen LogP) is 1.96. The van der Waals surface area contributed by atoms with Gasteiger partial charge in [-0.05, 0) is 38.0 Å². The number of carbonyl (C=O) groups is 2. The second kappa shape index (κ2) is 7.99. The number of likely N-dealkylation sites (tertiary alicyclic amines) is 1. The molecule has 0 bridgehead atoms. The molecule has 2 aromatic rings. The van der Waals surface area contributed by atoms with E-state index in [-0.39, 0.29) is 29.9 Å². The molecule has 0 spiro atoms. The Balaban J connectivity index is 1.75. The fourth-order valence-corrected chi connectivity index (χ4v) is 3.51. The molecule has 8 heteroatoms. The van der Waals surface area contributed by atoms with Gasteiger partial charge in [0.25, 0.3) is 5.56 Å². The fourth-order valence-electron chi connectivity index (χ4n) is 3.15. The van der Waals surface area contributed by atoms with Gasteiger partial charge in [-0.25, -0.2) is 4.98 Å². The van der Waals surface area contributed by atoms with Crippen LogP contribution in [0.3, 0.4) is 0 Å². The zero-order valence-corrected chi connectivity index (χ0v) is 16.1. The Bertz CT molecular complexity index is 896. The smallest absolute Gasteiger partial charge is 0.310 e. The number of fused-ring (bicyclic) bond motifs is 1. The lowest BCUT2D eigenvalue weighted by Crippen LogP contribution is -2.45. The predicted molar refractivity (Wildman–Crippen MR) is 99.6 cm³/mol. The van der Waals surface area contributed by atoms with E-state index in [2.05, 4.69) is 20.9 Å². The van der Waals surface area contributed by atoms with E-state index in [0.717, 1.165) is 10.9 Å². The molecule has 1 unspecified atom stereocenters. The van der Waals surface area contributed by atoms with Gasteiger partial charge in [-0.1, -0.05) is 15.9 Å². The van der Waals surface area contributed by atoms with Crippen LogP contribution in [0.2, 0.25) is 0 Å². The molecular weight excluding hydrogens is 402 g/mol. The van der Waals surface area contributed by atoms with Crippen molar-refractivity contribution in [3.05, 3.63) is 39.4 Å². The summed E-state index contributed by atoms with van der Waals surface area (Å²) >= 11 is 3.34. The molecule has 1 atom stereocenters. The largest absolute Gasteiger partial charge is 0.466 e. The van der Waals surface area contributed by atoms with Crippen molar-refractivity contribution in [2.45, 2.75) is 26.3 Å². The highest BCUT2D eigenvalue weighted by Gasteiger charge is 2.29. The van der Waals surface area contributed by atoms with Gasteiger partial charge in [0.05, 0.1) is 29.8 Å². The van der Waals surface area contributed by atoms with E-state index in [0.29, 0.717) is 37.0 Å². The number of halogens is 1. The average molecular weight is 422 g/mol. The van der Waals surface area contributed by atoms with E-state index in [4.69, 9.17) is 4.74 Å². The second-order valence-corrected chi connectivity index (χ2v) is 7.19. The summed E-state index contributed by atoms with van der Waals surface area (Å²) in [5.74, 6) is -0.758. The Hall–Kier alpha value is -2.22. The molecule has 1 fully saturated rings. The molecular formula is C18H20BrN3O4. The molecule has 138 valence electrons. The van der Waals surface area contributed by atoms with Crippen LogP contribution in [-0.4, -0.2) is 46.0 Å². The molecule has 0 N–H and O–H groups in total. The zero-order chi connectivity index (χ0) is 18.7. The SMILES string of the molecule is CCOC(=O)C1CCCN(C(=O)Cn2cnc3ccc(Br)cc3c2=O)C1. The maximum absolute atomic E-state index is 12.6. The van der Waals surface area contributed by atoms with E-state index in [1.54, 1.807) is 24.0 Å². The first-order chi connectivity index (χ1) is 12.5.